The number of carbonyl (C=O) groups is 2. The first-order valence-corrected chi connectivity index (χ1v) is 12.3. The van der Waals surface area contributed by atoms with Gasteiger partial charge < -0.3 is 15.5 Å². The van der Waals surface area contributed by atoms with Gasteiger partial charge in [-0.3, -0.25) is 9.59 Å². The fraction of sp³-hybridized carbons (Fsp3) is 0.391. The number of amides is 2. The topological polar surface area (TPSA) is 61.4 Å². The van der Waals surface area contributed by atoms with E-state index in [0.29, 0.717) is 28.2 Å². The maximum absolute atomic E-state index is 12.9. The Hall–Kier alpha value is -1.99. The van der Waals surface area contributed by atoms with E-state index < -0.39 is 6.04 Å². The van der Waals surface area contributed by atoms with Gasteiger partial charge in [0, 0.05) is 28.4 Å². The molecule has 7 heteroatoms. The second-order valence-electron chi connectivity index (χ2n) is 7.20. The SMILES string of the molecule is CCN(c1ccc(NC(=O)C(CCSC)NC(=O)c2ccccc2Br)cc1)C(C)C. The van der Waals surface area contributed by atoms with Crippen LogP contribution in [-0.2, 0) is 4.79 Å². The molecule has 0 aliphatic rings. The maximum Gasteiger partial charge on any atom is 0.253 e. The summed E-state index contributed by atoms with van der Waals surface area (Å²) in [4.78, 5) is 27.9. The summed E-state index contributed by atoms with van der Waals surface area (Å²) in [6.07, 6.45) is 2.54. The lowest BCUT2D eigenvalue weighted by Gasteiger charge is -2.27. The summed E-state index contributed by atoms with van der Waals surface area (Å²) in [6.45, 7) is 7.35. The number of thioether (sulfide) groups is 1. The molecule has 0 saturated carbocycles. The predicted octanol–water partition coefficient (Wildman–Crippen LogP) is 5.17. The van der Waals surface area contributed by atoms with Crippen molar-refractivity contribution < 1.29 is 9.59 Å². The van der Waals surface area contributed by atoms with Crippen molar-refractivity contribution in [1.29, 1.82) is 0 Å². The first kappa shape index (κ1) is 24.3. The first-order chi connectivity index (χ1) is 14.4. The van der Waals surface area contributed by atoms with Crippen LogP contribution in [0.4, 0.5) is 11.4 Å². The number of benzene rings is 2. The van der Waals surface area contributed by atoms with Crippen molar-refractivity contribution in [3.63, 3.8) is 0 Å². The van der Waals surface area contributed by atoms with Crippen LogP contribution in [0.2, 0.25) is 0 Å². The van der Waals surface area contributed by atoms with Crippen molar-refractivity contribution >= 4 is 50.9 Å². The monoisotopic (exact) mass is 491 g/mol. The van der Waals surface area contributed by atoms with Gasteiger partial charge in [0.2, 0.25) is 5.91 Å². The van der Waals surface area contributed by atoms with Crippen LogP contribution >= 0.6 is 27.7 Å². The van der Waals surface area contributed by atoms with Crippen molar-refractivity contribution in [3.8, 4) is 0 Å². The summed E-state index contributed by atoms with van der Waals surface area (Å²) in [5, 5.41) is 5.82. The molecule has 0 aromatic heterocycles. The highest BCUT2D eigenvalue weighted by molar-refractivity contribution is 9.10. The Bertz CT molecular complexity index is 843. The summed E-state index contributed by atoms with van der Waals surface area (Å²) < 4.78 is 0.702. The Morgan fingerprint density at radius 2 is 1.77 bits per heavy atom. The minimum absolute atomic E-state index is 0.214. The summed E-state index contributed by atoms with van der Waals surface area (Å²) in [5.74, 6) is 0.288. The van der Waals surface area contributed by atoms with Gasteiger partial charge in [-0.05, 0) is 91.5 Å². The van der Waals surface area contributed by atoms with Crippen LogP contribution in [0.5, 0.6) is 0 Å². The number of halogens is 1. The van der Waals surface area contributed by atoms with Crippen LogP contribution in [-0.4, -0.2) is 42.5 Å². The number of carbonyl (C=O) groups excluding carboxylic acids is 2. The van der Waals surface area contributed by atoms with Gasteiger partial charge in [0.15, 0.2) is 0 Å². The molecule has 0 radical (unpaired) electrons. The van der Waals surface area contributed by atoms with Crippen LogP contribution in [0, 0.1) is 0 Å². The molecule has 2 aromatic carbocycles. The van der Waals surface area contributed by atoms with E-state index in [-0.39, 0.29) is 11.8 Å². The Kier molecular flexibility index (Phi) is 9.72. The molecule has 0 aliphatic carbocycles. The Balaban J connectivity index is 2.09. The molecule has 162 valence electrons. The van der Waals surface area contributed by atoms with Gasteiger partial charge >= 0.3 is 0 Å². The van der Waals surface area contributed by atoms with E-state index >= 15 is 0 Å². The normalized spacial score (nSPS) is 11.8. The number of hydrogen-bond donors (Lipinski definition) is 2. The zero-order valence-electron chi connectivity index (χ0n) is 17.9. The van der Waals surface area contributed by atoms with E-state index in [1.807, 2.05) is 42.7 Å². The molecular formula is C23H30BrN3O2S. The average molecular weight is 492 g/mol. The molecule has 1 unspecified atom stereocenters. The highest BCUT2D eigenvalue weighted by Gasteiger charge is 2.22. The zero-order chi connectivity index (χ0) is 22.1. The lowest BCUT2D eigenvalue weighted by atomic mass is 10.1. The first-order valence-electron chi connectivity index (χ1n) is 10.1. The van der Waals surface area contributed by atoms with E-state index in [4.69, 9.17) is 0 Å². The second kappa shape index (κ2) is 12.0. The van der Waals surface area contributed by atoms with Crippen LogP contribution in [0.3, 0.4) is 0 Å². The molecule has 2 N–H and O–H groups in total. The molecule has 0 saturated heterocycles. The molecule has 0 spiro atoms. The zero-order valence-corrected chi connectivity index (χ0v) is 20.3. The average Bonchev–Trinajstić information content (AvgIpc) is 2.72. The fourth-order valence-electron chi connectivity index (χ4n) is 3.20. The van der Waals surface area contributed by atoms with Crippen LogP contribution < -0.4 is 15.5 Å². The molecule has 30 heavy (non-hydrogen) atoms. The third kappa shape index (κ3) is 6.77. The van der Waals surface area contributed by atoms with Crippen LogP contribution in [0.25, 0.3) is 0 Å². The lowest BCUT2D eigenvalue weighted by Crippen LogP contribution is -2.44. The predicted molar refractivity (Wildman–Crippen MR) is 132 cm³/mol. The summed E-state index contributed by atoms with van der Waals surface area (Å²) in [7, 11) is 0. The van der Waals surface area contributed by atoms with Gasteiger partial charge in [-0.1, -0.05) is 12.1 Å². The van der Waals surface area contributed by atoms with Gasteiger partial charge in [0.05, 0.1) is 5.56 Å². The van der Waals surface area contributed by atoms with E-state index in [1.165, 1.54) is 0 Å². The molecule has 0 fully saturated rings. The molecule has 5 nitrogen and oxygen atoms in total. The Labute approximate surface area is 192 Å². The van der Waals surface area contributed by atoms with Crippen molar-refractivity contribution in [2.45, 2.75) is 39.3 Å². The molecule has 2 amide bonds. The minimum Gasteiger partial charge on any atom is -0.369 e. The third-order valence-electron chi connectivity index (χ3n) is 4.78. The highest BCUT2D eigenvalue weighted by atomic mass is 79.9. The largest absolute Gasteiger partial charge is 0.369 e. The molecule has 2 rings (SSSR count). The number of nitrogens with one attached hydrogen (secondary N) is 2. The number of rotatable bonds is 10. The van der Waals surface area contributed by atoms with Gasteiger partial charge in [-0.15, -0.1) is 0 Å². The molecular weight excluding hydrogens is 462 g/mol. The van der Waals surface area contributed by atoms with Crippen molar-refractivity contribution in [3.05, 3.63) is 58.6 Å². The van der Waals surface area contributed by atoms with Gasteiger partial charge in [-0.2, -0.15) is 11.8 Å². The van der Waals surface area contributed by atoms with E-state index in [2.05, 4.69) is 52.2 Å². The second-order valence-corrected chi connectivity index (χ2v) is 9.04. The minimum atomic E-state index is -0.612. The van der Waals surface area contributed by atoms with Crippen molar-refractivity contribution in [1.82, 2.24) is 5.32 Å². The van der Waals surface area contributed by atoms with Crippen molar-refractivity contribution in [2.24, 2.45) is 0 Å². The van der Waals surface area contributed by atoms with Gasteiger partial charge in [-0.25, -0.2) is 0 Å². The summed E-state index contributed by atoms with van der Waals surface area (Å²) >= 11 is 5.04. The molecule has 0 heterocycles. The molecule has 1 atom stereocenters. The quantitative estimate of drug-likeness (QED) is 0.480. The highest BCUT2D eigenvalue weighted by Crippen LogP contribution is 2.20. The summed E-state index contributed by atoms with van der Waals surface area (Å²) in [5.41, 5.74) is 2.34. The number of hydrogen-bond acceptors (Lipinski definition) is 4. The van der Waals surface area contributed by atoms with Gasteiger partial charge in [0.1, 0.15) is 6.04 Å². The lowest BCUT2D eigenvalue weighted by molar-refractivity contribution is -0.118. The molecule has 2 aromatic rings. The standard InChI is InChI=1S/C23H30BrN3O2S/c1-5-27(16(2)3)18-12-10-17(11-13-18)25-23(29)21(14-15-30-4)26-22(28)19-8-6-7-9-20(19)24/h6-13,16,21H,5,14-15H2,1-4H3,(H,25,29)(H,26,28). The molecule has 0 bridgehead atoms. The fourth-order valence-corrected chi connectivity index (χ4v) is 4.13. The Morgan fingerprint density at radius 1 is 1.10 bits per heavy atom. The van der Waals surface area contributed by atoms with Crippen molar-refractivity contribution in [2.75, 3.05) is 28.8 Å². The van der Waals surface area contributed by atoms with Crippen LogP contribution in [0.15, 0.2) is 53.0 Å². The maximum atomic E-state index is 12.9. The molecule has 0 aliphatic heterocycles. The van der Waals surface area contributed by atoms with E-state index in [9.17, 15) is 9.59 Å². The number of nitrogens with zero attached hydrogens (tertiary/aromatic N) is 1. The van der Waals surface area contributed by atoms with E-state index in [1.54, 1.807) is 23.9 Å². The smallest absolute Gasteiger partial charge is 0.253 e. The number of anilines is 2. The Morgan fingerprint density at radius 3 is 2.33 bits per heavy atom. The van der Waals surface area contributed by atoms with Crippen LogP contribution in [0.1, 0.15) is 37.6 Å². The third-order valence-corrected chi connectivity index (χ3v) is 6.12. The van der Waals surface area contributed by atoms with Gasteiger partial charge in [0.25, 0.3) is 5.91 Å². The summed E-state index contributed by atoms with van der Waals surface area (Å²) in [6, 6.07) is 14.8. The van der Waals surface area contributed by atoms with E-state index in [0.717, 1.165) is 18.0 Å².